The van der Waals surface area contributed by atoms with E-state index in [2.05, 4.69) is 16.8 Å². The van der Waals surface area contributed by atoms with Crippen molar-refractivity contribution in [2.45, 2.75) is 19.4 Å². The molecular weight excluding hydrogens is 334 g/mol. The second kappa shape index (κ2) is 9.65. The molecule has 1 aliphatic heterocycles. The van der Waals surface area contributed by atoms with E-state index in [4.69, 9.17) is 11.6 Å². The Balaban J connectivity index is 0.00000200. The number of hydrogen-bond donors (Lipinski definition) is 1. The quantitative estimate of drug-likeness (QED) is 0.813. The van der Waals surface area contributed by atoms with Crippen LogP contribution in [-0.4, -0.2) is 31.1 Å². The molecule has 0 radical (unpaired) electrons. The van der Waals surface area contributed by atoms with Gasteiger partial charge in [0, 0.05) is 42.8 Å². The number of rotatable bonds is 4. The van der Waals surface area contributed by atoms with Gasteiger partial charge in [-0.25, -0.2) is 4.39 Å². The molecule has 120 valence electrons. The van der Waals surface area contributed by atoms with Crippen molar-refractivity contribution in [3.63, 3.8) is 0 Å². The van der Waals surface area contributed by atoms with Gasteiger partial charge in [0.25, 0.3) is 0 Å². The fourth-order valence-electron chi connectivity index (χ4n) is 2.53. The highest BCUT2D eigenvalue weighted by Gasteiger charge is 2.24. The van der Waals surface area contributed by atoms with Crippen LogP contribution in [0.15, 0.2) is 30.4 Å². The van der Waals surface area contributed by atoms with E-state index in [1.807, 2.05) is 6.92 Å². The van der Waals surface area contributed by atoms with Crippen molar-refractivity contribution in [2.75, 3.05) is 26.2 Å². The third-order valence-corrected chi connectivity index (χ3v) is 3.69. The number of hydrogen-bond acceptors (Lipinski definition) is 2. The van der Waals surface area contributed by atoms with Crippen LogP contribution in [0.5, 0.6) is 0 Å². The Morgan fingerprint density at radius 1 is 1.38 bits per heavy atom. The van der Waals surface area contributed by atoms with Crippen LogP contribution in [0.2, 0.25) is 5.02 Å². The van der Waals surface area contributed by atoms with Gasteiger partial charge in [-0.3, -0.25) is 4.90 Å². The van der Waals surface area contributed by atoms with Gasteiger partial charge in [0.05, 0.1) is 0 Å². The smallest absolute Gasteiger partial charge is 0.129 e. The minimum atomic E-state index is -0.225. The largest absolute Gasteiger partial charge is 0.314 e. The van der Waals surface area contributed by atoms with Crippen molar-refractivity contribution in [2.24, 2.45) is 0 Å². The van der Waals surface area contributed by atoms with E-state index >= 15 is 0 Å². The summed E-state index contributed by atoms with van der Waals surface area (Å²) in [5, 5.41) is 3.76. The molecule has 0 saturated carbocycles. The van der Waals surface area contributed by atoms with Crippen molar-refractivity contribution >= 4 is 36.4 Å². The predicted molar refractivity (Wildman–Crippen MR) is 92.5 cm³/mol. The lowest BCUT2D eigenvalue weighted by Gasteiger charge is -2.35. The fraction of sp³-hybridized carbons (Fsp3) is 0.467. The Labute approximate surface area is 143 Å². The van der Waals surface area contributed by atoms with E-state index < -0.39 is 0 Å². The molecule has 0 aromatic heterocycles. The van der Waals surface area contributed by atoms with Crippen molar-refractivity contribution < 1.29 is 4.39 Å². The van der Waals surface area contributed by atoms with Gasteiger partial charge in [0.15, 0.2) is 0 Å². The standard InChI is InChI=1S/C15H20ClFN2.2ClH/c1-11(2)9-15(19-7-5-18-6-8-19)13-4-3-12(16)10-14(13)17;;/h3-4,10,15,18H,1,5-9H2,2H3;2*1H/t15-;;/m0../s1. The molecule has 0 bridgehead atoms. The highest BCUT2D eigenvalue weighted by molar-refractivity contribution is 6.30. The van der Waals surface area contributed by atoms with Crippen LogP contribution in [0.25, 0.3) is 0 Å². The van der Waals surface area contributed by atoms with Gasteiger partial charge in [0.1, 0.15) is 5.82 Å². The molecule has 0 aliphatic carbocycles. The van der Waals surface area contributed by atoms with Crippen LogP contribution < -0.4 is 5.32 Å². The SMILES string of the molecule is C=C(C)C[C@@H](c1ccc(Cl)cc1F)N1CCNCC1.Cl.Cl. The van der Waals surface area contributed by atoms with E-state index in [9.17, 15) is 4.39 Å². The monoisotopic (exact) mass is 354 g/mol. The lowest BCUT2D eigenvalue weighted by Crippen LogP contribution is -2.45. The first-order chi connectivity index (χ1) is 9.08. The van der Waals surface area contributed by atoms with Crippen molar-refractivity contribution in [1.82, 2.24) is 10.2 Å². The van der Waals surface area contributed by atoms with Crippen molar-refractivity contribution in [3.05, 3.63) is 46.8 Å². The summed E-state index contributed by atoms with van der Waals surface area (Å²) < 4.78 is 14.1. The molecule has 0 amide bonds. The second-order valence-electron chi connectivity index (χ2n) is 5.13. The van der Waals surface area contributed by atoms with Crippen LogP contribution in [0.1, 0.15) is 24.9 Å². The summed E-state index contributed by atoms with van der Waals surface area (Å²) >= 11 is 5.83. The third-order valence-electron chi connectivity index (χ3n) is 3.46. The first-order valence-corrected chi connectivity index (χ1v) is 7.00. The van der Waals surface area contributed by atoms with Crippen molar-refractivity contribution in [1.29, 1.82) is 0 Å². The maximum Gasteiger partial charge on any atom is 0.129 e. The third kappa shape index (κ3) is 5.76. The van der Waals surface area contributed by atoms with Crippen LogP contribution >= 0.6 is 36.4 Å². The van der Waals surface area contributed by atoms with Crippen LogP contribution in [0.4, 0.5) is 4.39 Å². The van der Waals surface area contributed by atoms with E-state index in [-0.39, 0.29) is 36.7 Å². The maximum absolute atomic E-state index is 14.1. The molecule has 0 unspecified atom stereocenters. The molecule has 1 atom stereocenters. The van der Waals surface area contributed by atoms with E-state index in [1.54, 1.807) is 12.1 Å². The molecule has 2 nitrogen and oxygen atoms in total. The van der Waals surface area contributed by atoms with Gasteiger partial charge in [-0.2, -0.15) is 0 Å². The number of nitrogens with one attached hydrogen (secondary N) is 1. The molecule has 0 spiro atoms. The average molecular weight is 356 g/mol. The van der Waals surface area contributed by atoms with Gasteiger partial charge < -0.3 is 5.32 Å². The summed E-state index contributed by atoms with van der Waals surface area (Å²) in [7, 11) is 0. The Kier molecular flexibility index (Phi) is 9.50. The lowest BCUT2D eigenvalue weighted by molar-refractivity contribution is 0.169. The molecule has 1 heterocycles. The summed E-state index contributed by atoms with van der Waals surface area (Å²) in [4.78, 5) is 2.32. The van der Waals surface area contributed by atoms with E-state index in [1.165, 1.54) is 6.07 Å². The molecule has 2 rings (SSSR count). The van der Waals surface area contributed by atoms with Gasteiger partial charge in [-0.15, -0.1) is 31.4 Å². The number of piperazine rings is 1. The summed E-state index contributed by atoms with van der Waals surface area (Å²) in [5.41, 5.74) is 1.78. The summed E-state index contributed by atoms with van der Waals surface area (Å²) in [6.45, 7) is 9.71. The second-order valence-corrected chi connectivity index (χ2v) is 5.57. The fourth-order valence-corrected chi connectivity index (χ4v) is 2.69. The summed E-state index contributed by atoms with van der Waals surface area (Å²) in [6.07, 6.45) is 0.776. The zero-order valence-corrected chi connectivity index (χ0v) is 14.5. The Hall–Kier alpha value is -0.320. The molecule has 1 saturated heterocycles. The van der Waals surface area contributed by atoms with Crippen molar-refractivity contribution in [3.8, 4) is 0 Å². The van der Waals surface area contributed by atoms with Gasteiger partial charge in [0.2, 0.25) is 0 Å². The zero-order chi connectivity index (χ0) is 13.8. The van der Waals surface area contributed by atoms with E-state index in [0.717, 1.165) is 38.2 Å². The van der Waals surface area contributed by atoms with Crippen LogP contribution in [-0.2, 0) is 0 Å². The first kappa shape index (κ1) is 20.7. The highest BCUT2D eigenvalue weighted by Crippen LogP contribution is 2.30. The highest BCUT2D eigenvalue weighted by atomic mass is 35.5. The Bertz CT molecular complexity index is 462. The number of nitrogens with zero attached hydrogens (tertiary/aromatic N) is 1. The minimum Gasteiger partial charge on any atom is -0.314 e. The lowest BCUT2D eigenvalue weighted by atomic mass is 9.97. The topological polar surface area (TPSA) is 15.3 Å². The predicted octanol–water partition coefficient (Wildman–Crippen LogP) is 4.24. The summed E-state index contributed by atoms with van der Waals surface area (Å²) in [6, 6.07) is 5.00. The molecule has 1 aliphatic rings. The van der Waals surface area contributed by atoms with Gasteiger partial charge in [-0.1, -0.05) is 23.2 Å². The van der Waals surface area contributed by atoms with Crippen LogP contribution in [0, 0.1) is 5.82 Å². The van der Waals surface area contributed by atoms with Gasteiger partial charge >= 0.3 is 0 Å². The Morgan fingerprint density at radius 2 is 2.00 bits per heavy atom. The number of halogens is 4. The molecule has 1 N–H and O–H groups in total. The molecule has 21 heavy (non-hydrogen) atoms. The van der Waals surface area contributed by atoms with E-state index in [0.29, 0.717) is 10.6 Å². The van der Waals surface area contributed by atoms with Gasteiger partial charge in [-0.05, 0) is 25.5 Å². The summed E-state index contributed by atoms with van der Waals surface area (Å²) in [5.74, 6) is -0.225. The average Bonchev–Trinajstić information content (AvgIpc) is 2.37. The van der Waals surface area contributed by atoms with Crippen LogP contribution in [0.3, 0.4) is 0 Å². The normalized spacial score (nSPS) is 16.5. The Morgan fingerprint density at radius 3 is 2.52 bits per heavy atom. The maximum atomic E-state index is 14.1. The molecular formula is C15H22Cl3FN2. The zero-order valence-electron chi connectivity index (χ0n) is 12.1. The number of benzene rings is 1. The molecule has 1 fully saturated rings. The molecule has 1 aromatic carbocycles. The molecule has 1 aromatic rings. The first-order valence-electron chi connectivity index (χ1n) is 6.62. The minimum absolute atomic E-state index is 0. The molecule has 6 heteroatoms.